The summed E-state index contributed by atoms with van der Waals surface area (Å²) in [6, 6.07) is 49.2. The highest BCUT2D eigenvalue weighted by molar-refractivity contribution is 7.00. The van der Waals surface area contributed by atoms with E-state index in [0.29, 0.717) is 0 Å². The molecule has 394 valence electrons. The normalized spacial score (nSPS) is 22.6. The summed E-state index contributed by atoms with van der Waals surface area (Å²) < 4.78 is 0. The van der Waals surface area contributed by atoms with Crippen LogP contribution in [0, 0.1) is 20.8 Å². The number of aryl methyl sites for hydroxylation is 3. The quantitative estimate of drug-likeness (QED) is 0.159. The van der Waals surface area contributed by atoms with E-state index in [4.69, 9.17) is 0 Å². The van der Waals surface area contributed by atoms with Crippen molar-refractivity contribution in [3.8, 4) is 11.1 Å². The fourth-order valence-electron chi connectivity index (χ4n) is 16.2. The van der Waals surface area contributed by atoms with Crippen molar-refractivity contribution in [2.45, 2.75) is 200 Å². The molecule has 2 unspecified atom stereocenters. The molecular weight excluding hydrogens is 930 g/mol. The van der Waals surface area contributed by atoms with Crippen LogP contribution in [0.4, 0.5) is 45.5 Å². The van der Waals surface area contributed by atoms with Crippen LogP contribution in [0.5, 0.6) is 0 Å². The van der Waals surface area contributed by atoms with Gasteiger partial charge in [0.1, 0.15) is 0 Å². The molecule has 3 heterocycles. The number of para-hydroxylation sites is 1. The Labute approximate surface area is 463 Å². The van der Waals surface area contributed by atoms with E-state index in [1.807, 2.05) is 0 Å². The molecule has 0 aromatic heterocycles. The van der Waals surface area contributed by atoms with Gasteiger partial charge in [-0.15, -0.1) is 0 Å². The lowest BCUT2D eigenvalue weighted by Gasteiger charge is -2.53. The fraction of sp³-hybridized carbons (Fsp3) is 0.425. The first-order chi connectivity index (χ1) is 36.3. The lowest BCUT2D eigenvalue weighted by molar-refractivity contribution is 0.195. The molecule has 0 spiro atoms. The van der Waals surface area contributed by atoms with E-state index in [1.165, 1.54) is 169 Å². The molecule has 1 saturated carbocycles. The van der Waals surface area contributed by atoms with Crippen molar-refractivity contribution in [2.24, 2.45) is 0 Å². The zero-order valence-electron chi connectivity index (χ0n) is 49.6. The van der Waals surface area contributed by atoms with Gasteiger partial charge >= 0.3 is 0 Å². The third-order valence-electron chi connectivity index (χ3n) is 21.4. The van der Waals surface area contributed by atoms with Crippen LogP contribution in [0.25, 0.3) is 11.1 Å². The number of nitrogens with zero attached hydrogens (tertiary/aromatic N) is 3. The largest absolute Gasteiger partial charge is 0.335 e. The van der Waals surface area contributed by atoms with Crippen molar-refractivity contribution in [2.75, 3.05) is 14.7 Å². The standard InChI is InChI=1S/C73H84BN3/c1-45-37-63-65-64(38-45)77-66-52(72(15)31-20-21-32-73(72,77)16)25-22-26-58(66)74(65)57-29-28-50(42-62(57)76(63)59-30-27-49(67(4,5)6)41-51(59)48-23-18-17-19-24-48)75(60-43-55-53(39-46(60)2)68(7,8)33-35-70(55,11)12)61-44-56-54(40-47(61)3)69(9,10)34-36-71(56,13)14/h17-19,22-30,37-44H,20-21,31-36H2,1-16H3. The maximum Gasteiger partial charge on any atom is 0.252 e. The summed E-state index contributed by atoms with van der Waals surface area (Å²) in [6.07, 6.45) is 9.66. The van der Waals surface area contributed by atoms with E-state index in [0.717, 1.165) is 0 Å². The van der Waals surface area contributed by atoms with E-state index in [-0.39, 0.29) is 44.7 Å². The van der Waals surface area contributed by atoms with Gasteiger partial charge in [-0.2, -0.15) is 0 Å². The molecule has 3 nitrogen and oxygen atoms in total. The first-order valence-corrected chi connectivity index (χ1v) is 29.6. The highest BCUT2D eigenvalue weighted by atomic mass is 15.3. The second-order valence-electron chi connectivity index (χ2n) is 29.2. The Morgan fingerprint density at radius 3 is 1.65 bits per heavy atom. The maximum atomic E-state index is 2.88. The average Bonchev–Trinajstić information content (AvgIpc) is 3.79. The number of rotatable bonds is 5. The molecule has 0 N–H and O–H groups in total. The van der Waals surface area contributed by atoms with Gasteiger partial charge in [-0.3, -0.25) is 0 Å². The Morgan fingerprint density at radius 1 is 0.481 bits per heavy atom. The van der Waals surface area contributed by atoms with Crippen LogP contribution >= 0.6 is 0 Å². The molecule has 1 fully saturated rings. The number of hydrogen-bond donors (Lipinski definition) is 0. The molecule has 3 aliphatic carbocycles. The minimum absolute atomic E-state index is 0.0323. The van der Waals surface area contributed by atoms with Crippen molar-refractivity contribution in [3.63, 3.8) is 0 Å². The Balaban J connectivity index is 1.14. The van der Waals surface area contributed by atoms with Gasteiger partial charge in [-0.05, 0) is 214 Å². The monoisotopic (exact) mass is 1010 g/mol. The van der Waals surface area contributed by atoms with E-state index < -0.39 is 0 Å². The zero-order valence-corrected chi connectivity index (χ0v) is 49.6. The summed E-state index contributed by atoms with van der Waals surface area (Å²) in [5.74, 6) is 0. The molecule has 7 aromatic carbocycles. The average molecular weight is 1010 g/mol. The van der Waals surface area contributed by atoms with Gasteiger partial charge in [-0.1, -0.05) is 169 Å². The number of benzene rings is 7. The molecule has 0 amide bonds. The van der Waals surface area contributed by atoms with Crippen molar-refractivity contribution in [3.05, 3.63) is 171 Å². The van der Waals surface area contributed by atoms with Gasteiger partial charge in [0.15, 0.2) is 0 Å². The van der Waals surface area contributed by atoms with Crippen LogP contribution in [-0.4, -0.2) is 12.3 Å². The molecule has 6 aliphatic rings. The first-order valence-electron chi connectivity index (χ1n) is 29.6. The van der Waals surface area contributed by atoms with Crippen LogP contribution in [0.2, 0.25) is 0 Å². The predicted octanol–water partition coefficient (Wildman–Crippen LogP) is 18.1. The Bertz CT molecular complexity index is 3540. The topological polar surface area (TPSA) is 9.72 Å². The molecule has 3 aliphatic heterocycles. The number of hydrogen-bond acceptors (Lipinski definition) is 3. The Kier molecular flexibility index (Phi) is 10.8. The van der Waals surface area contributed by atoms with Crippen molar-refractivity contribution in [1.29, 1.82) is 0 Å². The van der Waals surface area contributed by atoms with E-state index in [2.05, 4.69) is 247 Å². The van der Waals surface area contributed by atoms with E-state index in [9.17, 15) is 0 Å². The van der Waals surface area contributed by atoms with Gasteiger partial charge in [0.25, 0.3) is 6.71 Å². The third-order valence-corrected chi connectivity index (χ3v) is 21.4. The number of anilines is 8. The second kappa shape index (κ2) is 16.5. The Morgan fingerprint density at radius 2 is 1.05 bits per heavy atom. The highest BCUT2D eigenvalue weighted by Crippen LogP contribution is 2.62. The fourth-order valence-corrected chi connectivity index (χ4v) is 16.2. The highest BCUT2D eigenvalue weighted by Gasteiger charge is 2.61. The number of fused-ring (bicyclic) bond motifs is 9. The summed E-state index contributed by atoms with van der Waals surface area (Å²) >= 11 is 0. The van der Waals surface area contributed by atoms with Crippen LogP contribution in [0.1, 0.15) is 191 Å². The maximum absolute atomic E-state index is 2.88. The van der Waals surface area contributed by atoms with Gasteiger partial charge in [0.2, 0.25) is 0 Å². The molecule has 4 heteroatoms. The molecular formula is C73H84BN3. The summed E-state index contributed by atoms with van der Waals surface area (Å²) in [5, 5.41) is 0. The van der Waals surface area contributed by atoms with Crippen LogP contribution < -0.4 is 31.1 Å². The third kappa shape index (κ3) is 7.20. The molecule has 77 heavy (non-hydrogen) atoms. The van der Waals surface area contributed by atoms with Gasteiger partial charge in [0, 0.05) is 50.8 Å². The zero-order chi connectivity index (χ0) is 54.3. The van der Waals surface area contributed by atoms with E-state index >= 15 is 0 Å². The smallest absolute Gasteiger partial charge is 0.252 e. The predicted molar refractivity (Wildman–Crippen MR) is 332 cm³/mol. The van der Waals surface area contributed by atoms with Crippen molar-refractivity contribution < 1.29 is 0 Å². The SMILES string of the molecule is Cc1cc2c3c(c1)N1c4c(cccc4C4(C)CCCCC14C)B3c1ccc(N(c3cc4c(cc3C)C(C)(C)CCC4(C)C)c3cc4c(cc3C)C(C)(C)CCC4(C)C)cc1N2c1ccc(C(C)(C)C)cc1-c1ccccc1. The molecule has 0 saturated heterocycles. The summed E-state index contributed by atoms with van der Waals surface area (Å²) in [4.78, 5) is 8.30. The minimum atomic E-state index is -0.0394. The molecule has 0 radical (unpaired) electrons. The van der Waals surface area contributed by atoms with Crippen molar-refractivity contribution >= 4 is 68.6 Å². The van der Waals surface area contributed by atoms with E-state index in [1.54, 1.807) is 5.56 Å². The van der Waals surface area contributed by atoms with Gasteiger partial charge in [0.05, 0.1) is 11.2 Å². The lowest BCUT2D eigenvalue weighted by atomic mass is 9.33. The van der Waals surface area contributed by atoms with Gasteiger partial charge < -0.3 is 14.7 Å². The summed E-state index contributed by atoms with van der Waals surface area (Å²) in [5.41, 5.74) is 30.3. The first kappa shape index (κ1) is 50.5. The minimum Gasteiger partial charge on any atom is -0.335 e. The molecule has 13 rings (SSSR count). The van der Waals surface area contributed by atoms with Crippen LogP contribution in [0.15, 0.2) is 121 Å². The summed E-state index contributed by atoms with van der Waals surface area (Å²) in [7, 11) is 0. The Hall–Kier alpha value is -6.00. The van der Waals surface area contributed by atoms with Gasteiger partial charge in [-0.25, -0.2) is 0 Å². The second-order valence-corrected chi connectivity index (χ2v) is 29.2. The molecule has 2 atom stereocenters. The molecule has 0 bridgehead atoms. The van der Waals surface area contributed by atoms with Crippen LogP contribution in [0.3, 0.4) is 0 Å². The lowest BCUT2D eigenvalue weighted by Crippen LogP contribution is -2.64. The summed E-state index contributed by atoms with van der Waals surface area (Å²) in [6.45, 7) is 39.3. The van der Waals surface area contributed by atoms with Crippen LogP contribution in [-0.2, 0) is 32.5 Å². The molecule has 7 aromatic rings. The van der Waals surface area contributed by atoms with Crippen molar-refractivity contribution in [1.82, 2.24) is 0 Å².